The topological polar surface area (TPSA) is 94.0 Å². The summed E-state index contributed by atoms with van der Waals surface area (Å²) in [4.78, 5) is 4.54. The second kappa shape index (κ2) is 13.2. The zero-order chi connectivity index (χ0) is 20.4. The predicted octanol–water partition coefficient (Wildman–Crippen LogP) is 2.32. The van der Waals surface area contributed by atoms with Crippen LogP contribution < -0.4 is 10.6 Å². The Labute approximate surface area is 194 Å². The van der Waals surface area contributed by atoms with Crippen molar-refractivity contribution in [3.8, 4) is 0 Å². The fourth-order valence-corrected chi connectivity index (χ4v) is 4.93. The van der Waals surface area contributed by atoms with E-state index in [0.29, 0.717) is 36.3 Å². The molecule has 1 heterocycles. The molecule has 3 N–H and O–H groups in total. The number of hydrogen-bond acceptors (Lipinski definition) is 5. The number of thiophene rings is 1. The summed E-state index contributed by atoms with van der Waals surface area (Å²) in [6, 6.07) is 13.1. The number of sulfonamides is 1. The lowest BCUT2D eigenvalue weighted by Crippen LogP contribution is -2.42. The number of benzene rings is 1. The highest BCUT2D eigenvalue weighted by Crippen LogP contribution is 2.19. The summed E-state index contributed by atoms with van der Waals surface area (Å²) in [5.74, 6) is 0.511. The highest BCUT2D eigenvalue weighted by molar-refractivity contribution is 14.0. The van der Waals surface area contributed by atoms with Crippen molar-refractivity contribution in [3.05, 3.63) is 53.4 Å². The molecule has 0 aliphatic rings. The van der Waals surface area contributed by atoms with Gasteiger partial charge >= 0.3 is 0 Å². The molecule has 0 amide bonds. The van der Waals surface area contributed by atoms with Crippen molar-refractivity contribution >= 4 is 51.3 Å². The Morgan fingerprint density at radius 3 is 2.52 bits per heavy atom. The van der Waals surface area contributed by atoms with E-state index in [1.807, 2.05) is 37.3 Å². The Bertz CT molecular complexity index is 830. The average molecular weight is 553 g/mol. The maximum atomic E-state index is 12.4. The third-order valence-corrected chi connectivity index (χ3v) is 7.41. The van der Waals surface area contributed by atoms with Crippen LogP contribution in [-0.2, 0) is 10.0 Å². The summed E-state index contributed by atoms with van der Waals surface area (Å²) in [7, 11) is -1.89. The van der Waals surface area contributed by atoms with Crippen molar-refractivity contribution < 1.29 is 13.5 Å². The van der Waals surface area contributed by atoms with E-state index in [2.05, 4.69) is 15.6 Å². The monoisotopic (exact) mass is 552 g/mol. The number of hydrogen-bond donors (Lipinski definition) is 3. The first-order valence-corrected chi connectivity index (χ1v) is 11.5. The molecule has 0 aliphatic heterocycles. The SMILES string of the molecule is CCNC(=NCC(CO)c1ccccc1)NCCN(C)S(=O)(=O)c1cccs1.I. The second-order valence-electron chi connectivity index (χ2n) is 6.20. The first kappa shape index (κ1) is 25.8. The fraction of sp³-hybridized carbons (Fsp3) is 0.421. The quantitative estimate of drug-likeness (QED) is 0.239. The molecule has 1 unspecified atom stereocenters. The largest absolute Gasteiger partial charge is 0.396 e. The molecule has 10 heteroatoms. The van der Waals surface area contributed by atoms with Crippen molar-refractivity contribution in [1.29, 1.82) is 0 Å². The van der Waals surface area contributed by atoms with Crippen LogP contribution in [0.2, 0.25) is 0 Å². The number of nitrogens with zero attached hydrogens (tertiary/aromatic N) is 2. The molecule has 0 saturated heterocycles. The lowest BCUT2D eigenvalue weighted by atomic mass is 10.0. The maximum absolute atomic E-state index is 12.4. The minimum atomic E-state index is -3.45. The van der Waals surface area contributed by atoms with Gasteiger partial charge in [0.25, 0.3) is 10.0 Å². The first-order chi connectivity index (χ1) is 13.5. The molecule has 0 saturated carbocycles. The van der Waals surface area contributed by atoms with Crippen LogP contribution in [0.3, 0.4) is 0 Å². The third kappa shape index (κ3) is 7.85. The van der Waals surface area contributed by atoms with Crippen LogP contribution in [-0.4, -0.2) is 63.6 Å². The van der Waals surface area contributed by atoms with Gasteiger partial charge in [0.2, 0.25) is 0 Å². The minimum absolute atomic E-state index is 0. The van der Waals surface area contributed by atoms with Gasteiger partial charge in [-0.15, -0.1) is 35.3 Å². The van der Waals surface area contributed by atoms with E-state index in [0.717, 1.165) is 5.56 Å². The predicted molar refractivity (Wildman–Crippen MR) is 130 cm³/mol. The van der Waals surface area contributed by atoms with Gasteiger partial charge in [-0.1, -0.05) is 36.4 Å². The zero-order valence-corrected chi connectivity index (χ0v) is 20.6. The number of aliphatic hydroxyl groups excluding tert-OH is 1. The lowest BCUT2D eigenvalue weighted by molar-refractivity contribution is 0.268. The van der Waals surface area contributed by atoms with E-state index in [1.54, 1.807) is 24.6 Å². The van der Waals surface area contributed by atoms with Crippen LogP contribution in [0.25, 0.3) is 0 Å². The second-order valence-corrected chi connectivity index (χ2v) is 9.41. The molecule has 0 bridgehead atoms. The number of likely N-dealkylation sites (N-methyl/N-ethyl adjacent to an activating group) is 1. The van der Waals surface area contributed by atoms with Gasteiger partial charge in [-0.3, -0.25) is 4.99 Å². The highest BCUT2D eigenvalue weighted by Gasteiger charge is 2.21. The summed E-state index contributed by atoms with van der Waals surface area (Å²) >= 11 is 1.21. The number of aliphatic hydroxyl groups is 1. The molecule has 29 heavy (non-hydrogen) atoms. The van der Waals surface area contributed by atoms with E-state index < -0.39 is 10.0 Å². The molecule has 0 radical (unpaired) electrons. The molecule has 7 nitrogen and oxygen atoms in total. The summed E-state index contributed by atoms with van der Waals surface area (Å²) < 4.78 is 26.5. The van der Waals surface area contributed by atoms with Crippen LogP contribution in [0.1, 0.15) is 18.4 Å². The van der Waals surface area contributed by atoms with Crippen LogP contribution >= 0.6 is 35.3 Å². The Hall–Kier alpha value is -1.21. The van der Waals surface area contributed by atoms with E-state index in [9.17, 15) is 13.5 Å². The summed E-state index contributed by atoms with van der Waals surface area (Å²) in [6.45, 7) is 3.82. The number of halogens is 1. The van der Waals surface area contributed by atoms with E-state index in [4.69, 9.17) is 0 Å². The van der Waals surface area contributed by atoms with Crippen LogP contribution in [0, 0.1) is 0 Å². The van der Waals surface area contributed by atoms with Crippen molar-refractivity contribution in [2.75, 3.05) is 39.8 Å². The van der Waals surface area contributed by atoms with Gasteiger partial charge in [0, 0.05) is 32.6 Å². The first-order valence-electron chi connectivity index (χ1n) is 9.16. The molecular formula is C19H29IN4O3S2. The van der Waals surface area contributed by atoms with Crippen LogP contribution in [0.15, 0.2) is 57.0 Å². The lowest BCUT2D eigenvalue weighted by Gasteiger charge is -2.18. The van der Waals surface area contributed by atoms with Crippen molar-refractivity contribution in [2.24, 2.45) is 4.99 Å². The molecule has 1 aromatic heterocycles. The standard InChI is InChI=1S/C19H28N4O3S2.HI/c1-3-20-19(22-14-17(15-24)16-8-5-4-6-9-16)21-11-12-23(2)28(25,26)18-10-7-13-27-18;/h4-10,13,17,24H,3,11-12,14-15H2,1-2H3,(H2,20,21,22);1H. The van der Waals surface area contributed by atoms with E-state index in [1.165, 1.54) is 15.6 Å². The molecule has 2 aromatic rings. The summed E-state index contributed by atoms with van der Waals surface area (Å²) in [5.41, 5.74) is 1.03. The Kier molecular flexibility index (Phi) is 11.7. The van der Waals surface area contributed by atoms with Gasteiger partial charge in [0.15, 0.2) is 5.96 Å². The molecule has 0 aliphatic carbocycles. The Morgan fingerprint density at radius 2 is 1.93 bits per heavy atom. The summed E-state index contributed by atoms with van der Waals surface area (Å²) in [6.07, 6.45) is 0. The van der Waals surface area contributed by atoms with Crippen molar-refractivity contribution in [2.45, 2.75) is 17.1 Å². The van der Waals surface area contributed by atoms with Gasteiger partial charge in [-0.25, -0.2) is 8.42 Å². The van der Waals surface area contributed by atoms with Gasteiger partial charge in [-0.05, 0) is 23.9 Å². The number of guanidine groups is 1. The van der Waals surface area contributed by atoms with Crippen LogP contribution in [0.4, 0.5) is 0 Å². The van der Waals surface area contributed by atoms with Gasteiger partial charge in [0.05, 0.1) is 13.2 Å². The van der Waals surface area contributed by atoms with Gasteiger partial charge in [-0.2, -0.15) is 4.31 Å². The number of rotatable bonds is 10. The summed E-state index contributed by atoms with van der Waals surface area (Å²) in [5, 5.41) is 17.7. The normalized spacial score (nSPS) is 13.0. The Morgan fingerprint density at radius 1 is 1.21 bits per heavy atom. The number of aliphatic imine (C=N–C) groups is 1. The molecule has 162 valence electrons. The average Bonchev–Trinajstić information content (AvgIpc) is 3.25. The van der Waals surface area contributed by atoms with E-state index in [-0.39, 0.29) is 36.5 Å². The zero-order valence-electron chi connectivity index (χ0n) is 16.6. The van der Waals surface area contributed by atoms with Gasteiger partial charge in [0.1, 0.15) is 4.21 Å². The molecule has 1 aromatic carbocycles. The smallest absolute Gasteiger partial charge is 0.252 e. The van der Waals surface area contributed by atoms with Crippen LogP contribution in [0.5, 0.6) is 0 Å². The molecule has 2 rings (SSSR count). The minimum Gasteiger partial charge on any atom is -0.396 e. The molecule has 0 fully saturated rings. The molecular weight excluding hydrogens is 523 g/mol. The van der Waals surface area contributed by atoms with Crippen molar-refractivity contribution in [1.82, 2.24) is 14.9 Å². The Balaban J connectivity index is 0.00000420. The van der Waals surface area contributed by atoms with Gasteiger partial charge < -0.3 is 15.7 Å². The highest BCUT2D eigenvalue weighted by atomic mass is 127. The third-order valence-electron chi connectivity index (χ3n) is 4.18. The van der Waals surface area contributed by atoms with Crippen molar-refractivity contribution in [3.63, 3.8) is 0 Å². The number of nitrogens with one attached hydrogen (secondary N) is 2. The molecule has 1 atom stereocenters. The van der Waals surface area contributed by atoms with E-state index >= 15 is 0 Å². The fourth-order valence-electron chi connectivity index (χ4n) is 2.55. The maximum Gasteiger partial charge on any atom is 0.252 e. The molecule has 0 spiro atoms.